The predicted octanol–water partition coefficient (Wildman–Crippen LogP) is 2.54. The first-order chi connectivity index (χ1) is 10.1. The van der Waals surface area contributed by atoms with E-state index in [2.05, 4.69) is 9.80 Å². The Morgan fingerprint density at radius 3 is 2.43 bits per heavy atom. The first kappa shape index (κ1) is 14.4. The van der Waals surface area contributed by atoms with Gasteiger partial charge in [-0.15, -0.1) is 0 Å². The Morgan fingerprint density at radius 1 is 1.14 bits per heavy atom. The average molecular weight is 287 g/mol. The first-order valence-corrected chi connectivity index (χ1v) is 8.04. The van der Waals surface area contributed by atoms with E-state index in [4.69, 9.17) is 5.73 Å². The second-order valence-corrected chi connectivity index (χ2v) is 6.29. The van der Waals surface area contributed by atoms with E-state index in [0.717, 1.165) is 37.9 Å². The van der Waals surface area contributed by atoms with E-state index < -0.39 is 0 Å². The normalized spacial score (nSPS) is 20.9. The highest BCUT2D eigenvalue weighted by Gasteiger charge is 2.26. The van der Waals surface area contributed by atoms with Crippen LogP contribution < -0.4 is 10.6 Å². The third kappa shape index (κ3) is 3.05. The number of hydrogen-bond acceptors (Lipinski definition) is 4. The number of ketones is 1. The zero-order valence-electron chi connectivity index (χ0n) is 12.8. The van der Waals surface area contributed by atoms with Crippen molar-refractivity contribution < 1.29 is 4.79 Å². The fourth-order valence-corrected chi connectivity index (χ4v) is 3.66. The van der Waals surface area contributed by atoms with Gasteiger partial charge in [-0.05, 0) is 38.0 Å². The van der Waals surface area contributed by atoms with Gasteiger partial charge in [0.1, 0.15) is 0 Å². The molecule has 0 amide bonds. The molecule has 0 aromatic heterocycles. The lowest BCUT2D eigenvalue weighted by Gasteiger charge is -2.39. The summed E-state index contributed by atoms with van der Waals surface area (Å²) >= 11 is 0. The van der Waals surface area contributed by atoms with Gasteiger partial charge in [0.2, 0.25) is 0 Å². The quantitative estimate of drug-likeness (QED) is 0.685. The van der Waals surface area contributed by atoms with Crippen molar-refractivity contribution in [2.45, 2.75) is 38.6 Å². The molecule has 1 aliphatic heterocycles. The molecule has 4 nitrogen and oxygen atoms in total. The first-order valence-electron chi connectivity index (χ1n) is 8.04. The van der Waals surface area contributed by atoms with E-state index >= 15 is 0 Å². The summed E-state index contributed by atoms with van der Waals surface area (Å²) in [4.78, 5) is 16.6. The number of Topliss-reactive ketones (excluding diaryl/α,β-unsaturated/α-hetero) is 1. The van der Waals surface area contributed by atoms with Gasteiger partial charge in [0.05, 0.1) is 0 Å². The van der Waals surface area contributed by atoms with Crippen LogP contribution in [0, 0.1) is 0 Å². The molecule has 1 aromatic carbocycles. The Balaban J connectivity index is 1.66. The van der Waals surface area contributed by atoms with Gasteiger partial charge < -0.3 is 10.6 Å². The minimum absolute atomic E-state index is 0.0407. The van der Waals surface area contributed by atoms with Crippen molar-refractivity contribution in [2.75, 3.05) is 36.8 Å². The number of anilines is 2. The van der Waals surface area contributed by atoms with Gasteiger partial charge in [0.15, 0.2) is 5.78 Å². The average Bonchev–Trinajstić information content (AvgIpc) is 3.02. The van der Waals surface area contributed by atoms with Crippen LogP contribution in [0.1, 0.15) is 43.0 Å². The van der Waals surface area contributed by atoms with Crippen molar-refractivity contribution in [1.29, 1.82) is 0 Å². The van der Waals surface area contributed by atoms with Crippen molar-refractivity contribution in [3.63, 3.8) is 0 Å². The Bertz CT molecular complexity index is 515. The van der Waals surface area contributed by atoms with Crippen LogP contribution in [0.5, 0.6) is 0 Å². The third-order valence-corrected chi connectivity index (χ3v) is 4.94. The maximum Gasteiger partial charge on any atom is 0.161 e. The van der Waals surface area contributed by atoms with Crippen molar-refractivity contribution >= 4 is 17.2 Å². The van der Waals surface area contributed by atoms with Gasteiger partial charge >= 0.3 is 0 Å². The van der Waals surface area contributed by atoms with Gasteiger partial charge in [-0.1, -0.05) is 12.8 Å². The molecule has 21 heavy (non-hydrogen) atoms. The van der Waals surface area contributed by atoms with Gasteiger partial charge in [0, 0.05) is 49.2 Å². The van der Waals surface area contributed by atoms with Crippen LogP contribution in [-0.4, -0.2) is 42.9 Å². The number of hydrogen-bond donors (Lipinski definition) is 1. The molecule has 1 saturated carbocycles. The van der Waals surface area contributed by atoms with E-state index in [9.17, 15) is 4.79 Å². The molecule has 0 atom stereocenters. The highest BCUT2D eigenvalue weighted by molar-refractivity contribution is 6.00. The van der Waals surface area contributed by atoms with E-state index in [-0.39, 0.29) is 5.78 Å². The van der Waals surface area contributed by atoms with E-state index in [1.54, 1.807) is 6.92 Å². The smallest absolute Gasteiger partial charge is 0.161 e. The Morgan fingerprint density at radius 2 is 1.81 bits per heavy atom. The fourth-order valence-electron chi connectivity index (χ4n) is 3.66. The maximum atomic E-state index is 11.6. The fraction of sp³-hybridized carbons (Fsp3) is 0.588. The number of nitrogen functional groups attached to an aromatic ring is 1. The van der Waals surface area contributed by atoms with Crippen molar-refractivity contribution in [3.05, 3.63) is 23.8 Å². The molecule has 1 aromatic rings. The number of nitrogens with two attached hydrogens (primary N) is 1. The molecule has 0 unspecified atom stereocenters. The third-order valence-electron chi connectivity index (χ3n) is 4.94. The molecule has 2 aliphatic rings. The zero-order chi connectivity index (χ0) is 14.8. The van der Waals surface area contributed by atoms with Crippen molar-refractivity contribution in [2.24, 2.45) is 0 Å². The molecule has 2 N–H and O–H groups in total. The monoisotopic (exact) mass is 287 g/mol. The highest BCUT2D eigenvalue weighted by Crippen LogP contribution is 2.27. The highest BCUT2D eigenvalue weighted by atomic mass is 16.1. The molecule has 1 aliphatic carbocycles. The topological polar surface area (TPSA) is 49.6 Å². The second-order valence-electron chi connectivity index (χ2n) is 6.29. The molecular formula is C17H25N3O. The summed E-state index contributed by atoms with van der Waals surface area (Å²) in [6.07, 6.45) is 5.53. The van der Waals surface area contributed by atoms with Crippen LogP contribution in [-0.2, 0) is 0 Å². The molecule has 0 bridgehead atoms. The molecule has 0 radical (unpaired) electrons. The summed E-state index contributed by atoms with van der Waals surface area (Å²) in [7, 11) is 0. The van der Waals surface area contributed by atoms with Crippen LogP contribution in [0.2, 0.25) is 0 Å². The second kappa shape index (κ2) is 6.06. The minimum Gasteiger partial charge on any atom is -0.398 e. The molecule has 3 rings (SSSR count). The van der Waals surface area contributed by atoms with Crippen molar-refractivity contribution in [3.8, 4) is 0 Å². The number of carbonyl (C=O) groups excluding carboxylic acids is 1. The molecule has 4 heteroatoms. The minimum atomic E-state index is 0.0407. The molecular weight excluding hydrogens is 262 g/mol. The van der Waals surface area contributed by atoms with Gasteiger partial charge in [-0.2, -0.15) is 0 Å². The standard InChI is InChI=1S/C17H25N3O/c1-13(21)16-12-15(6-7-17(16)18)20-10-8-19(9-11-20)14-4-2-3-5-14/h6-7,12,14H,2-5,8-11,18H2,1H3. The number of carbonyl (C=O) groups is 1. The van der Waals surface area contributed by atoms with E-state index in [1.165, 1.54) is 25.7 Å². The lowest BCUT2D eigenvalue weighted by atomic mass is 10.1. The molecule has 2 fully saturated rings. The van der Waals surface area contributed by atoms with Crippen LogP contribution in [0.4, 0.5) is 11.4 Å². The molecule has 114 valence electrons. The van der Waals surface area contributed by atoms with Gasteiger partial charge in [-0.25, -0.2) is 0 Å². The maximum absolute atomic E-state index is 11.6. The van der Waals surface area contributed by atoms with Crippen LogP contribution in [0.3, 0.4) is 0 Å². The largest absolute Gasteiger partial charge is 0.398 e. The Labute approximate surface area is 126 Å². The molecule has 1 heterocycles. The Kier molecular flexibility index (Phi) is 4.15. The number of rotatable bonds is 3. The lowest BCUT2D eigenvalue weighted by Crippen LogP contribution is -2.49. The van der Waals surface area contributed by atoms with Crippen LogP contribution >= 0.6 is 0 Å². The summed E-state index contributed by atoms with van der Waals surface area (Å²) in [6, 6.07) is 6.65. The van der Waals surface area contributed by atoms with Crippen LogP contribution in [0.25, 0.3) is 0 Å². The van der Waals surface area contributed by atoms with Gasteiger partial charge in [0.25, 0.3) is 0 Å². The summed E-state index contributed by atoms with van der Waals surface area (Å²) < 4.78 is 0. The summed E-state index contributed by atoms with van der Waals surface area (Å²) in [5.41, 5.74) is 8.23. The van der Waals surface area contributed by atoms with E-state index in [1.807, 2.05) is 18.2 Å². The summed E-state index contributed by atoms with van der Waals surface area (Å²) in [6.45, 7) is 5.91. The van der Waals surface area contributed by atoms with E-state index in [0.29, 0.717) is 11.3 Å². The van der Waals surface area contributed by atoms with Crippen molar-refractivity contribution in [1.82, 2.24) is 4.90 Å². The molecule has 0 spiro atoms. The van der Waals surface area contributed by atoms with Gasteiger partial charge in [-0.3, -0.25) is 9.69 Å². The van der Waals surface area contributed by atoms with Crippen LogP contribution in [0.15, 0.2) is 18.2 Å². The summed E-state index contributed by atoms with van der Waals surface area (Å²) in [5.74, 6) is 0.0407. The number of nitrogens with zero attached hydrogens (tertiary/aromatic N) is 2. The number of benzene rings is 1. The molecule has 1 saturated heterocycles. The lowest BCUT2D eigenvalue weighted by molar-refractivity contribution is 0.101. The zero-order valence-corrected chi connectivity index (χ0v) is 12.8. The SMILES string of the molecule is CC(=O)c1cc(N2CCN(C3CCCC3)CC2)ccc1N. The summed E-state index contributed by atoms with van der Waals surface area (Å²) in [5, 5.41) is 0. The predicted molar refractivity (Wildman–Crippen MR) is 86.9 cm³/mol. The Hall–Kier alpha value is -1.55. The number of piperazine rings is 1.